The highest BCUT2D eigenvalue weighted by Gasteiger charge is 2.20. The summed E-state index contributed by atoms with van der Waals surface area (Å²) in [5.74, 6) is -0.449. The van der Waals surface area contributed by atoms with Gasteiger partial charge in [-0.15, -0.1) is 0 Å². The fraction of sp³-hybridized carbons (Fsp3) is 0.947. The van der Waals surface area contributed by atoms with Crippen LogP contribution in [0.15, 0.2) is 0 Å². The molecule has 0 aliphatic carbocycles. The molecular formula is C38H74O6. The Balaban J connectivity index is 4.24. The predicted molar refractivity (Wildman–Crippen MR) is 184 cm³/mol. The molecule has 0 N–H and O–H groups in total. The number of hydrogen-bond acceptors (Lipinski definition) is 6. The van der Waals surface area contributed by atoms with Gasteiger partial charge in [0.1, 0.15) is 6.61 Å². The third-order valence-corrected chi connectivity index (χ3v) is 8.38. The number of rotatable bonds is 34. The molecule has 1 atom stereocenters. The van der Waals surface area contributed by atoms with Gasteiger partial charge in [-0.2, -0.15) is 0 Å². The first-order valence-electron chi connectivity index (χ1n) is 18.9. The first-order chi connectivity index (χ1) is 21.3. The monoisotopic (exact) mass is 627 g/mol. The van der Waals surface area contributed by atoms with Gasteiger partial charge in [0.15, 0.2) is 6.10 Å². The lowest BCUT2D eigenvalue weighted by molar-refractivity contribution is -0.163. The molecule has 1 unspecified atom stereocenters. The topological polar surface area (TPSA) is 71.1 Å². The molecule has 0 fully saturated rings. The van der Waals surface area contributed by atoms with Crippen LogP contribution in [-0.4, -0.2) is 50.1 Å². The van der Waals surface area contributed by atoms with E-state index in [9.17, 15) is 9.59 Å². The molecule has 0 heterocycles. The van der Waals surface area contributed by atoms with Gasteiger partial charge in [-0.1, -0.05) is 142 Å². The van der Waals surface area contributed by atoms with E-state index in [0.29, 0.717) is 26.1 Å². The molecule has 0 amide bonds. The van der Waals surface area contributed by atoms with Gasteiger partial charge in [-0.05, 0) is 40.0 Å². The highest BCUT2D eigenvalue weighted by atomic mass is 16.6. The third-order valence-electron chi connectivity index (χ3n) is 8.38. The summed E-state index contributed by atoms with van der Waals surface area (Å²) in [4.78, 5) is 25.0. The van der Waals surface area contributed by atoms with Gasteiger partial charge < -0.3 is 18.9 Å². The normalized spacial score (nSPS) is 12.4. The molecule has 0 aliphatic rings. The van der Waals surface area contributed by atoms with Gasteiger partial charge in [-0.25, -0.2) is 0 Å². The van der Waals surface area contributed by atoms with Crippen LogP contribution in [-0.2, 0) is 28.5 Å². The molecule has 0 aromatic carbocycles. The van der Waals surface area contributed by atoms with E-state index >= 15 is 0 Å². The van der Waals surface area contributed by atoms with Crippen LogP contribution in [0, 0.1) is 0 Å². The lowest BCUT2D eigenvalue weighted by Gasteiger charge is -2.25. The summed E-state index contributed by atoms with van der Waals surface area (Å²) in [7, 11) is 0. The molecule has 0 rings (SSSR count). The van der Waals surface area contributed by atoms with Crippen molar-refractivity contribution in [3.8, 4) is 0 Å². The molecule has 0 aromatic rings. The van der Waals surface area contributed by atoms with Crippen molar-refractivity contribution in [3.63, 3.8) is 0 Å². The van der Waals surface area contributed by atoms with Crippen LogP contribution < -0.4 is 0 Å². The highest BCUT2D eigenvalue weighted by Crippen LogP contribution is 2.16. The molecule has 0 aliphatic heterocycles. The maximum absolute atomic E-state index is 12.6. The second-order valence-electron chi connectivity index (χ2n) is 13.4. The molecule has 0 bridgehead atoms. The Labute approximate surface area is 273 Å². The van der Waals surface area contributed by atoms with Crippen molar-refractivity contribution >= 4 is 11.9 Å². The Morgan fingerprint density at radius 2 is 0.955 bits per heavy atom. The van der Waals surface area contributed by atoms with Gasteiger partial charge in [0.25, 0.3) is 0 Å². The van der Waals surface area contributed by atoms with Crippen molar-refractivity contribution in [2.45, 2.75) is 207 Å². The molecule has 0 saturated heterocycles. The zero-order valence-electron chi connectivity index (χ0n) is 30.0. The van der Waals surface area contributed by atoms with E-state index in [-0.39, 0.29) is 30.8 Å². The number of esters is 2. The summed E-state index contributed by atoms with van der Waals surface area (Å²) in [6.45, 7) is 12.0. The maximum atomic E-state index is 12.6. The first-order valence-corrected chi connectivity index (χ1v) is 18.9. The SMILES string of the molecule is CCCCCCCCCCCCCC(=O)OCC(COCCC(C)(C)OCC)OC(=O)CCCCCCCCCCCCC. The second kappa shape index (κ2) is 31.8. The minimum absolute atomic E-state index is 0.0513. The minimum atomic E-state index is -0.577. The quantitative estimate of drug-likeness (QED) is 0.0523. The fourth-order valence-corrected chi connectivity index (χ4v) is 5.48. The average Bonchev–Trinajstić information content (AvgIpc) is 2.99. The highest BCUT2D eigenvalue weighted by molar-refractivity contribution is 5.70. The van der Waals surface area contributed by atoms with Crippen molar-refractivity contribution in [2.75, 3.05) is 26.4 Å². The van der Waals surface area contributed by atoms with Crippen molar-refractivity contribution in [1.82, 2.24) is 0 Å². The van der Waals surface area contributed by atoms with Crippen LogP contribution in [0.5, 0.6) is 0 Å². The number of carbonyl (C=O) groups is 2. The molecule has 6 nitrogen and oxygen atoms in total. The molecule has 0 radical (unpaired) electrons. The van der Waals surface area contributed by atoms with Crippen LogP contribution in [0.1, 0.15) is 195 Å². The molecule has 0 spiro atoms. The lowest BCUT2D eigenvalue weighted by Crippen LogP contribution is -2.31. The lowest BCUT2D eigenvalue weighted by atomic mass is 10.1. The van der Waals surface area contributed by atoms with E-state index in [2.05, 4.69) is 13.8 Å². The zero-order chi connectivity index (χ0) is 32.6. The van der Waals surface area contributed by atoms with E-state index in [1.807, 2.05) is 20.8 Å². The number of ether oxygens (including phenoxy) is 4. The zero-order valence-corrected chi connectivity index (χ0v) is 30.0. The van der Waals surface area contributed by atoms with Crippen molar-refractivity contribution in [1.29, 1.82) is 0 Å². The van der Waals surface area contributed by atoms with E-state index in [4.69, 9.17) is 18.9 Å². The first kappa shape index (κ1) is 42.9. The Hall–Kier alpha value is -1.14. The Kier molecular flexibility index (Phi) is 31.0. The molecular weight excluding hydrogens is 552 g/mol. The largest absolute Gasteiger partial charge is 0.462 e. The number of unbranched alkanes of at least 4 members (excludes halogenated alkanes) is 20. The Morgan fingerprint density at radius 1 is 0.545 bits per heavy atom. The summed E-state index contributed by atoms with van der Waals surface area (Å²) in [5, 5.41) is 0. The summed E-state index contributed by atoms with van der Waals surface area (Å²) >= 11 is 0. The van der Waals surface area contributed by atoms with Gasteiger partial charge >= 0.3 is 11.9 Å². The van der Waals surface area contributed by atoms with Crippen LogP contribution >= 0.6 is 0 Å². The molecule has 0 saturated carbocycles. The van der Waals surface area contributed by atoms with Gasteiger partial charge in [-0.3, -0.25) is 9.59 Å². The van der Waals surface area contributed by atoms with Crippen LogP contribution in [0.25, 0.3) is 0 Å². The average molecular weight is 627 g/mol. The van der Waals surface area contributed by atoms with Gasteiger partial charge in [0.2, 0.25) is 0 Å². The number of hydrogen-bond donors (Lipinski definition) is 0. The third kappa shape index (κ3) is 30.9. The molecule has 44 heavy (non-hydrogen) atoms. The minimum Gasteiger partial charge on any atom is -0.462 e. The smallest absolute Gasteiger partial charge is 0.306 e. The van der Waals surface area contributed by atoms with Crippen molar-refractivity contribution in [3.05, 3.63) is 0 Å². The second-order valence-corrected chi connectivity index (χ2v) is 13.4. The summed E-state index contributed by atoms with van der Waals surface area (Å²) in [6, 6.07) is 0. The summed E-state index contributed by atoms with van der Waals surface area (Å²) in [5.41, 5.74) is -0.267. The van der Waals surface area contributed by atoms with E-state index in [1.165, 1.54) is 116 Å². The van der Waals surface area contributed by atoms with Crippen molar-refractivity contribution in [2.24, 2.45) is 0 Å². The van der Waals surface area contributed by atoms with E-state index in [1.54, 1.807) is 0 Å². The van der Waals surface area contributed by atoms with Gasteiger partial charge in [0, 0.05) is 26.1 Å². The maximum Gasteiger partial charge on any atom is 0.306 e. The number of carbonyl (C=O) groups excluding carboxylic acids is 2. The van der Waals surface area contributed by atoms with Crippen LogP contribution in [0.4, 0.5) is 0 Å². The van der Waals surface area contributed by atoms with Crippen LogP contribution in [0.2, 0.25) is 0 Å². The van der Waals surface area contributed by atoms with Crippen molar-refractivity contribution < 1.29 is 28.5 Å². The van der Waals surface area contributed by atoms with Crippen LogP contribution in [0.3, 0.4) is 0 Å². The van der Waals surface area contributed by atoms with E-state index in [0.717, 1.165) is 32.1 Å². The predicted octanol–water partition coefficient (Wildman–Crippen LogP) is 11.1. The Bertz CT molecular complexity index is 635. The standard InChI is InChI=1S/C38H74O6/c1-6-9-11-13-15-17-19-21-23-25-27-29-36(39)42-34-35(33-41-32-31-38(4,5)43-8-3)44-37(40)30-28-26-24-22-20-18-16-14-12-10-7-2/h35H,6-34H2,1-5H3. The molecule has 6 heteroatoms. The summed E-state index contributed by atoms with van der Waals surface area (Å²) in [6.07, 6.45) is 28.3. The van der Waals surface area contributed by atoms with Gasteiger partial charge in [0.05, 0.1) is 12.2 Å². The molecule has 262 valence electrons. The molecule has 0 aromatic heterocycles. The van der Waals surface area contributed by atoms with E-state index < -0.39 is 6.10 Å². The summed E-state index contributed by atoms with van der Waals surface area (Å²) < 4.78 is 22.8. The Morgan fingerprint density at radius 3 is 1.39 bits per heavy atom. The fourth-order valence-electron chi connectivity index (χ4n) is 5.48.